The average molecular weight is 406 g/mol. The summed E-state index contributed by atoms with van der Waals surface area (Å²) in [5.74, 6) is -1.29. The van der Waals surface area contributed by atoms with E-state index in [1.807, 2.05) is 30.3 Å². The maximum absolute atomic E-state index is 12.3. The number of nitrogens with one attached hydrogen (secondary N) is 2. The first-order valence-electron chi connectivity index (χ1n) is 9.46. The first-order chi connectivity index (χ1) is 14.5. The van der Waals surface area contributed by atoms with E-state index in [1.165, 1.54) is 12.3 Å². The Morgan fingerprint density at radius 2 is 1.80 bits per heavy atom. The molecular formula is C23H22N2O5. The minimum Gasteiger partial charge on any atom is -0.459 e. The van der Waals surface area contributed by atoms with E-state index in [1.54, 1.807) is 31.2 Å². The lowest BCUT2D eigenvalue weighted by Gasteiger charge is -2.10. The van der Waals surface area contributed by atoms with E-state index >= 15 is 0 Å². The molecular weight excluding hydrogens is 384 g/mol. The summed E-state index contributed by atoms with van der Waals surface area (Å²) in [6.45, 7) is 1.87. The summed E-state index contributed by atoms with van der Waals surface area (Å²) in [5, 5.41) is 5.41. The van der Waals surface area contributed by atoms with Crippen LogP contribution < -0.4 is 10.6 Å². The predicted molar refractivity (Wildman–Crippen MR) is 111 cm³/mol. The second-order valence-electron chi connectivity index (χ2n) is 6.62. The number of anilines is 1. The van der Waals surface area contributed by atoms with Gasteiger partial charge in [-0.1, -0.05) is 36.4 Å². The number of ether oxygens (including phenoxy) is 1. The molecule has 0 radical (unpaired) electrons. The SMILES string of the molecule is Cc1ccc(C(=O)OCC(=O)NCCc2ccccc2)cc1NC(=O)c1ccco1. The zero-order chi connectivity index (χ0) is 21.3. The summed E-state index contributed by atoms with van der Waals surface area (Å²) in [6.07, 6.45) is 2.09. The van der Waals surface area contributed by atoms with Crippen LogP contribution in [0.3, 0.4) is 0 Å². The molecule has 0 atom stereocenters. The van der Waals surface area contributed by atoms with Crippen molar-refractivity contribution in [2.24, 2.45) is 0 Å². The zero-order valence-corrected chi connectivity index (χ0v) is 16.5. The number of carbonyl (C=O) groups excluding carboxylic acids is 3. The Labute approximate surface area is 174 Å². The van der Waals surface area contributed by atoms with Crippen molar-refractivity contribution in [1.29, 1.82) is 0 Å². The van der Waals surface area contributed by atoms with Crippen molar-refractivity contribution in [3.8, 4) is 0 Å². The molecule has 7 nitrogen and oxygen atoms in total. The lowest BCUT2D eigenvalue weighted by Crippen LogP contribution is -2.30. The van der Waals surface area contributed by atoms with Gasteiger partial charge in [0.25, 0.3) is 11.8 Å². The van der Waals surface area contributed by atoms with Crippen LogP contribution >= 0.6 is 0 Å². The first kappa shape index (κ1) is 20.9. The van der Waals surface area contributed by atoms with E-state index in [2.05, 4.69) is 10.6 Å². The van der Waals surface area contributed by atoms with Gasteiger partial charge in [0.05, 0.1) is 11.8 Å². The maximum Gasteiger partial charge on any atom is 0.338 e. The summed E-state index contributed by atoms with van der Waals surface area (Å²) in [5.41, 5.74) is 2.56. The Morgan fingerprint density at radius 1 is 1.00 bits per heavy atom. The number of carbonyl (C=O) groups is 3. The van der Waals surface area contributed by atoms with Gasteiger partial charge in [0.1, 0.15) is 0 Å². The quantitative estimate of drug-likeness (QED) is 0.559. The number of amides is 2. The second-order valence-corrected chi connectivity index (χ2v) is 6.62. The Balaban J connectivity index is 1.50. The fourth-order valence-electron chi connectivity index (χ4n) is 2.73. The Morgan fingerprint density at radius 3 is 2.53 bits per heavy atom. The average Bonchev–Trinajstić information content (AvgIpc) is 3.29. The molecule has 0 saturated carbocycles. The van der Waals surface area contributed by atoms with Crippen LogP contribution in [0.2, 0.25) is 0 Å². The molecule has 1 aromatic heterocycles. The topological polar surface area (TPSA) is 97.6 Å². The summed E-state index contributed by atoms with van der Waals surface area (Å²) < 4.78 is 10.1. The third-order valence-corrected chi connectivity index (χ3v) is 4.38. The van der Waals surface area contributed by atoms with Gasteiger partial charge >= 0.3 is 5.97 Å². The van der Waals surface area contributed by atoms with E-state index in [0.29, 0.717) is 18.7 Å². The highest BCUT2D eigenvalue weighted by Gasteiger charge is 2.14. The highest BCUT2D eigenvalue weighted by atomic mass is 16.5. The van der Waals surface area contributed by atoms with Crippen molar-refractivity contribution < 1.29 is 23.5 Å². The van der Waals surface area contributed by atoms with Gasteiger partial charge < -0.3 is 19.8 Å². The molecule has 0 unspecified atom stereocenters. The highest BCUT2D eigenvalue weighted by Crippen LogP contribution is 2.19. The number of furan rings is 1. The van der Waals surface area contributed by atoms with Crippen LogP contribution in [0.5, 0.6) is 0 Å². The minimum atomic E-state index is -0.651. The summed E-state index contributed by atoms with van der Waals surface area (Å²) in [7, 11) is 0. The third kappa shape index (κ3) is 5.81. The van der Waals surface area contributed by atoms with Gasteiger partial charge in [0, 0.05) is 12.2 Å². The Kier molecular flexibility index (Phi) is 7.00. The van der Waals surface area contributed by atoms with Gasteiger partial charge in [0.2, 0.25) is 0 Å². The number of esters is 1. The smallest absolute Gasteiger partial charge is 0.338 e. The van der Waals surface area contributed by atoms with Crippen LogP contribution in [-0.4, -0.2) is 30.9 Å². The van der Waals surface area contributed by atoms with E-state index in [0.717, 1.165) is 11.1 Å². The van der Waals surface area contributed by atoms with Crippen LogP contribution in [0.4, 0.5) is 5.69 Å². The normalized spacial score (nSPS) is 10.3. The summed E-state index contributed by atoms with van der Waals surface area (Å²) in [4.78, 5) is 36.4. The van der Waals surface area contributed by atoms with Crippen LogP contribution in [0.1, 0.15) is 32.0 Å². The van der Waals surface area contributed by atoms with E-state index < -0.39 is 11.9 Å². The van der Waals surface area contributed by atoms with Crippen LogP contribution in [0.25, 0.3) is 0 Å². The molecule has 3 aromatic rings. The molecule has 2 N–H and O–H groups in total. The van der Waals surface area contributed by atoms with Crippen molar-refractivity contribution >= 4 is 23.5 Å². The molecule has 0 spiro atoms. The van der Waals surface area contributed by atoms with Crippen molar-refractivity contribution in [1.82, 2.24) is 5.32 Å². The molecule has 0 aliphatic heterocycles. The van der Waals surface area contributed by atoms with Crippen molar-refractivity contribution in [2.45, 2.75) is 13.3 Å². The van der Waals surface area contributed by atoms with Gasteiger partial charge in [-0.2, -0.15) is 0 Å². The van der Waals surface area contributed by atoms with Gasteiger partial charge in [0.15, 0.2) is 12.4 Å². The molecule has 30 heavy (non-hydrogen) atoms. The van der Waals surface area contributed by atoms with E-state index in [9.17, 15) is 14.4 Å². The fourth-order valence-corrected chi connectivity index (χ4v) is 2.73. The lowest BCUT2D eigenvalue weighted by atomic mass is 10.1. The molecule has 2 amide bonds. The largest absolute Gasteiger partial charge is 0.459 e. The molecule has 0 bridgehead atoms. The zero-order valence-electron chi connectivity index (χ0n) is 16.5. The molecule has 154 valence electrons. The number of benzene rings is 2. The molecule has 0 saturated heterocycles. The second kappa shape index (κ2) is 10.1. The number of rotatable bonds is 8. The fraction of sp³-hybridized carbons (Fsp3) is 0.174. The van der Waals surface area contributed by atoms with Gasteiger partial charge in [-0.3, -0.25) is 9.59 Å². The van der Waals surface area contributed by atoms with E-state index in [4.69, 9.17) is 9.15 Å². The molecule has 0 fully saturated rings. The maximum atomic E-state index is 12.3. The van der Waals surface area contributed by atoms with Gasteiger partial charge in [-0.05, 0) is 48.7 Å². The highest BCUT2D eigenvalue weighted by molar-refractivity contribution is 6.03. The van der Waals surface area contributed by atoms with E-state index in [-0.39, 0.29) is 23.8 Å². The van der Waals surface area contributed by atoms with Crippen LogP contribution in [0.15, 0.2) is 71.3 Å². The van der Waals surface area contributed by atoms with Crippen molar-refractivity contribution in [3.63, 3.8) is 0 Å². The van der Waals surface area contributed by atoms with Gasteiger partial charge in [-0.25, -0.2) is 4.79 Å². The van der Waals surface area contributed by atoms with Crippen LogP contribution in [-0.2, 0) is 16.0 Å². The lowest BCUT2D eigenvalue weighted by molar-refractivity contribution is -0.124. The number of aryl methyl sites for hydroxylation is 1. The Hall–Kier alpha value is -3.87. The van der Waals surface area contributed by atoms with Crippen molar-refractivity contribution in [2.75, 3.05) is 18.5 Å². The molecule has 0 aliphatic rings. The standard InChI is InChI=1S/C23H22N2O5/c1-16-9-10-18(14-19(16)25-22(27)20-8-5-13-29-20)23(28)30-15-21(26)24-12-11-17-6-3-2-4-7-17/h2-10,13-14H,11-12,15H2,1H3,(H,24,26)(H,25,27). The molecule has 0 aliphatic carbocycles. The van der Waals surface area contributed by atoms with Crippen LogP contribution in [0, 0.1) is 6.92 Å². The third-order valence-electron chi connectivity index (χ3n) is 4.38. The summed E-state index contributed by atoms with van der Waals surface area (Å²) >= 11 is 0. The molecule has 2 aromatic carbocycles. The molecule has 3 rings (SSSR count). The number of hydrogen-bond acceptors (Lipinski definition) is 5. The number of hydrogen-bond donors (Lipinski definition) is 2. The molecule has 1 heterocycles. The van der Waals surface area contributed by atoms with Gasteiger partial charge in [-0.15, -0.1) is 0 Å². The monoisotopic (exact) mass is 406 g/mol. The first-order valence-corrected chi connectivity index (χ1v) is 9.46. The predicted octanol–water partition coefficient (Wildman–Crippen LogP) is 3.36. The Bertz CT molecular complexity index is 1010. The van der Waals surface area contributed by atoms with Crippen molar-refractivity contribution in [3.05, 3.63) is 89.4 Å². The minimum absolute atomic E-state index is 0.162. The molecule has 7 heteroatoms. The summed E-state index contributed by atoms with van der Waals surface area (Å²) in [6, 6.07) is 17.7.